The van der Waals surface area contributed by atoms with E-state index in [1.807, 2.05) is 6.92 Å². The van der Waals surface area contributed by atoms with Crippen molar-refractivity contribution in [3.8, 4) is 0 Å². The van der Waals surface area contributed by atoms with Crippen molar-refractivity contribution in [1.29, 1.82) is 0 Å². The Hall–Kier alpha value is -0.750. The van der Waals surface area contributed by atoms with Crippen molar-refractivity contribution in [3.05, 3.63) is 0 Å². The first-order valence-electron chi connectivity index (χ1n) is 4.31. The van der Waals surface area contributed by atoms with E-state index in [4.69, 9.17) is 5.73 Å². The standard InChI is InChI=1S/C8H16N2O3S/c1-3-6(9)4-14-5-7(11)10-8(12)13-2/h6H,3-5,9H2,1-2H3,(H,10,11,12). The fourth-order valence-electron chi connectivity index (χ4n) is 0.622. The fourth-order valence-corrected chi connectivity index (χ4v) is 1.54. The Morgan fingerprint density at radius 1 is 1.57 bits per heavy atom. The van der Waals surface area contributed by atoms with E-state index >= 15 is 0 Å². The van der Waals surface area contributed by atoms with Crippen LogP contribution in [0.2, 0.25) is 0 Å². The zero-order valence-corrected chi connectivity index (χ0v) is 9.23. The van der Waals surface area contributed by atoms with Crippen LogP contribution in [0.25, 0.3) is 0 Å². The van der Waals surface area contributed by atoms with Crippen molar-refractivity contribution >= 4 is 23.8 Å². The SMILES string of the molecule is CCC(N)CSCC(=O)NC(=O)OC. The third-order valence-electron chi connectivity index (χ3n) is 1.52. The van der Waals surface area contributed by atoms with Crippen molar-refractivity contribution < 1.29 is 14.3 Å². The molecule has 0 aromatic rings. The van der Waals surface area contributed by atoms with Crippen molar-refractivity contribution in [2.45, 2.75) is 19.4 Å². The molecule has 0 aliphatic heterocycles. The number of hydrogen-bond donors (Lipinski definition) is 2. The Labute approximate surface area is 87.7 Å². The van der Waals surface area contributed by atoms with Gasteiger partial charge >= 0.3 is 6.09 Å². The number of amides is 2. The lowest BCUT2D eigenvalue weighted by Crippen LogP contribution is -2.32. The van der Waals surface area contributed by atoms with Crippen LogP contribution in [0, 0.1) is 0 Å². The monoisotopic (exact) mass is 220 g/mol. The number of nitrogens with two attached hydrogens (primary N) is 1. The van der Waals surface area contributed by atoms with Crippen LogP contribution in [0.5, 0.6) is 0 Å². The number of nitrogens with one attached hydrogen (secondary N) is 1. The minimum Gasteiger partial charge on any atom is -0.453 e. The molecule has 0 aliphatic carbocycles. The average Bonchev–Trinajstić information content (AvgIpc) is 2.17. The molecule has 6 heteroatoms. The first-order chi connectivity index (χ1) is 6.60. The molecule has 1 unspecified atom stereocenters. The average molecular weight is 220 g/mol. The highest BCUT2D eigenvalue weighted by Crippen LogP contribution is 2.02. The van der Waals surface area contributed by atoms with E-state index in [-0.39, 0.29) is 17.7 Å². The molecule has 0 aromatic carbocycles. The van der Waals surface area contributed by atoms with Gasteiger partial charge in [-0.1, -0.05) is 6.92 Å². The van der Waals surface area contributed by atoms with Crippen LogP contribution in [-0.2, 0) is 9.53 Å². The number of carbonyl (C=O) groups excluding carboxylic acids is 2. The van der Waals surface area contributed by atoms with Crippen LogP contribution >= 0.6 is 11.8 Å². The maximum Gasteiger partial charge on any atom is 0.413 e. The Bertz CT molecular complexity index is 199. The van der Waals surface area contributed by atoms with Crippen molar-refractivity contribution in [2.24, 2.45) is 5.73 Å². The smallest absolute Gasteiger partial charge is 0.413 e. The summed E-state index contributed by atoms with van der Waals surface area (Å²) < 4.78 is 4.26. The molecule has 0 saturated carbocycles. The molecule has 0 aliphatic rings. The first-order valence-corrected chi connectivity index (χ1v) is 5.46. The number of alkyl carbamates (subject to hydrolysis) is 1. The van der Waals surface area contributed by atoms with Gasteiger partial charge in [-0.05, 0) is 6.42 Å². The van der Waals surface area contributed by atoms with Gasteiger partial charge in [-0.25, -0.2) is 4.79 Å². The van der Waals surface area contributed by atoms with Gasteiger partial charge in [0.15, 0.2) is 0 Å². The molecular weight excluding hydrogens is 204 g/mol. The molecule has 0 aromatic heterocycles. The van der Waals surface area contributed by atoms with Gasteiger partial charge in [0, 0.05) is 11.8 Å². The molecule has 0 rings (SSSR count). The third-order valence-corrected chi connectivity index (χ3v) is 2.65. The van der Waals surface area contributed by atoms with Crippen LogP contribution in [0.4, 0.5) is 4.79 Å². The number of thioether (sulfide) groups is 1. The molecule has 82 valence electrons. The molecular formula is C8H16N2O3S. The van der Waals surface area contributed by atoms with Crippen molar-refractivity contribution in [3.63, 3.8) is 0 Å². The second-order valence-electron chi connectivity index (χ2n) is 2.72. The molecule has 1 atom stereocenters. The van der Waals surface area contributed by atoms with E-state index in [0.717, 1.165) is 6.42 Å². The zero-order chi connectivity index (χ0) is 11.0. The first kappa shape index (κ1) is 13.2. The van der Waals surface area contributed by atoms with E-state index in [1.54, 1.807) is 0 Å². The molecule has 0 saturated heterocycles. The molecule has 5 nitrogen and oxygen atoms in total. The topological polar surface area (TPSA) is 81.4 Å². The Balaban J connectivity index is 3.49. The summed E-state index contributed by atoms with van der Waals surface area (Å²) in [4.78, 5) is 21.6. The number of ether oxygens (including phenoxy) is 1. The van der Waals surface area contributed by atoms with Gasteiger partial charge < -0.3 is 10.5 Å². The largest absolute Gasteiger partial charge is 0.453 e. The van der Waals surface area contributed by atoms with Gasteiger partial charge in [0.25, 0.3) is 0 Å². The number of imide groups is 1. The van der Waals surface area contributed by atoms with Gasteiger partial charge in [-0.2, -0.15) is 11.8 Å². The summed E-state index contributed by atoms with van der Waals surface area (Å²) >= 11 is 1.40. The molecule has 3 N–H and O–H groups in total. The highest BCUT2D eigenvalue weighted by molar-refractivity contribution is 8.00. The molecule has 0 heterocycles. The van der Waals surface area contributed by atoms with Gasteiger partial charge in [0.2, 0.25) is 5.91 Å². The zero-order valence-electron chi connectivity index (χ0n) is 8.41. The minimum atomic E-state index is -0.726. The molecule has 2 amide bonds. The summed E-state index contributed by atoms with van der Waals surface area (Å²) in [5.41, 5.74) is 5.64. The van der Waals surface area contributed by atoms with Crippen LogP contribution in [0.1, 0.15) is 13.3 Å². The molecule has 14 heavy (non-hydrogen) atoms. The molecule has 0 radical (unpaired) electrons. The van der Waals surface area contributed by atoms with Gasteiger partial charge in [-0.3, -0.25) is 10.1 Å². The summed E-state index contributed by atoms with van der Waals surface area (Å²) in [6.45, 7) is 1.99. The van der Waals surface area contributed by atoms with Crippen LogP contribution in [0.15, 0.2) is 0 Å². The highest BCUT2D eigenvalue weighted by Gasteiger charge is 2.07. The number of carbonyl (C=O) groups is 2. The predicted octanol–water partition coefficient (Wildman–Crippen LogP) is 0.339. The van der Waals surface area contributed by atoms with Crippen molar-refractivity contribution in [2.75, 3.05) is 18.6 Å². The summed E-state index contributed by atoms with van der Waals surface area (Å²) in [7, 11) is 1.21. The minimum absolute atomic E-state index is 0.103. The van der Waals surface area contributed by atoms with Gasteiger partial charge in [0.05, 0.1) is 12.9 Å². The molecule has 0 fully saturated rings. The highest BCUT2D eigenvalue weighted by atomic mass is 32.2. The number of rotatable bonds is 5. The van der Waals surface area contributed by atoms with Gasteiger partial charge in [0.1, 0.15) is 0 Å². The third kappa shape index (κ3) is 6.73. The van der Waals surface area contributed by atoms with Gasteiger partial charge in [-0.15, -0.1) is 0 Å². The lowest BCUT2D eigenvalue weighted by molar-refractivity contribution is -0.117. The predicted molar refractivity (Wildman–Crippen MR) is 56.1 cm³/mol. The Morgan fingerprint density at radius 2 is 2.21 bits per heavy atom. The summed E-state index contributed by atoms with van der Waals surface area (Å²) in [6, 6.07) is 0.103. The summed E-state index contributed by atoms with van der Waals surface area (Å²) in [6.07, 6.45) is 0.154. The Morgan fingerprint density at radius 3 is 2.71 bits per heavy atom. The van der Waals surface area contributed by atoms with Crippen LogP contribution in [-0.4, -0.2) is 36.7 Å². The van der Waals surface area contributed by atoms with E-state index in [2.05, 4.69) is 10.1 Å². The lowest BCUT2D eigenvalue weighted by Gasteiger charge is -2.07. The summed E-state index contributed by atoms with van der Waals surface area (Å²) in [5.74, 6) is 0.582. The van der Waals surface area contributed by atoms with Crippen LogP contribution < -0.4 is 11.1 Å². The second-order valence-corrected chi connectivity index (χ2v) is 3.75. The number of methoxy groups -OCH3 is 1. The molecule has 0 spiro atoms. The van der Waals surface area contributed by atoms with E-state index in [9.17, 15) is 9.59 Å². The second kappa shape index (κ2) is 7.64. The molecule has 0 bridgehead atoms. The quantitative estimate of drug-likeness (QED) is 0.698. The van der Waals surface area contributed by atoms with E-state index in [0.29, 0.717) is 5.75 Å². The summed E-state index contributed by atoms with van der Waals surface area (Å²) in [5, 5.41) is 2.06. The van der Waals surface area contributed by atoms with Crippen LogP contribution in [0.3, 0.4) is 0 Å². The fraction of sp³-hybridized carbons (Fsp3) is 0.750. The van der Waals surface area contributed by atoms with E-state index in [1.165, 1.54) is 18.9 Å². The lowest BCUT2D eigenvalue weighted by atomic mass is 10.3. The number of hydrogen-bond acceptors (Lipinski definition) is 5. The Kier molecular flexibility index (Phi) is 7.23. The van der Waals surface area contributed by atoms with E-state index < -0.39 is 6.09 Å². The maximum absolute atomic E-state index is 11.0. The normalized spacial score (nSPS) is 11.9. The maximum atomic E-state index is 11.0. The van der Waals surface area contributed by atoms with Crippen molar-refractivity contribution in [1.82, 2.24) is 5.32 Å².